The van der Waals surface area contributed by atoms with Crippen LogP contribution in [0.25, 0.3) is 0 Å². The lowest BCUT2D eigenvalue weighted by Gasteiger charge is -2.37. The quantitative estimate of drug-likeness (QED) is 0.608. The molecule has 0 aromatic heterocycles. The van der Waals surface area contributed by atoms with Crippen molar-refractivity contribution in [3.8, 4) is 0 Å². The molecule has 0 aromatic carbocycles. The van der Waals surface area contributed by atoms with Crippen LogP contribution in [0.4, 0.5) is 0 Å². The van der Waals surface area contributed by atoms with Crippen LogP contribution in [0, 0.1) is 5.92 Å². The summed E-state index contributed by atoms with van der Waals surface area (Å²) >= 11 is 0. The normalized spacial score (nSPS) is 46.5. The molecule has 4 atom stereocenters. The number of fused-ring (bicyclic) bond motifs is 2. The van der Waals surface area contributed by atoms with Crippen LogP contribution in [-0.2, 0) is 14.0 Å². The lowest BCUT2D eigenvalue weighted by molar-refractivity contribution is -0.120. The molecule has 3 unspecified atom stereocenters. The highest BCUT2D eigenvalue weighted by Gasteiger charge is 2.52. The highest BCUT2D eigenvalue weighted by molar-refractivity contribution is 7.09. The Morgan fingerprint density at radius 1 is 1.58 bits per heavy atom. The summed E-state index contributed by atoms with van der Waals surface area (Å²) in [5.41, 5.74) is -0.162. The van der Waals surface area contributed by atoms with Crippen molar-refractivity contribution >= 4 is 9.47 Å². The van der Waals surface area contributed by atoms with Crippen LogP contribution >= 0.6 is 9.47 Å². The Morgan fingerprint density at radius 3 is 3.00 bits per heavy atom. The van der Waals surface area contributed by atoms with Crippen molar-refractivity contribution in [2.24, 2.45) is 5.92 Å². The molecular formula is C8H15O3P. The molecule has 2 fully saturated rings. The van der Waals surface area contributed by atoms with Crippen LogP contribution in [0.15, 0.2) is 0 Å². The summed E-state index contributed by atoms with van der Waals surface area (Å²) in [6.45, 7) is 4.36. The zero-order valence-electron chi connectivity index (χ0n) is 7.29. The number of hydrogen-bond acceptors (Lipinski definition) is 3. The van der Waals surface area contributed by atoms with Crippen molar-refractivity contribution in [2.75, 3.05) is 19.8 Å². The Balaban J connectivity index is 2.19. The first-order valence-corrected chi connectivity index (χ1v) is 4.87. The van der Waals surface area contributed by atoms with Gasteiger partial charge in [-0.1, -0.05) is 6.92 Å². The van der Waals surface area contributed by atoms with Gasteiger partial charge in [0.2, 0.25) is 0 Å². The third-order valence-corrected chi connectivity index (χ3v) is 3.25. The first-order chi connectivity index (χ1) is 5.82. The van der Waals surface area contributed by atoms with Crippen LogP contribution in [0.2, 0.25) is 0 Å². The van der Waals surface area contributed by atoms with Crippen molar-refractivity contribution in [2.45, 2.75) is 25.0 Å². The number of hydrogen-bond donors (Lipinski definition) is 0. The summed E-state index contributed by atoms with van der Waals surface area (Å²) in [6, 6.07) is 0. The highest BCUT2D eigenvalue weighted by atomic mass is 31.0. The zero-order chi connectivity index (χ0) is 8.60. The maximum Gasteiger partial charge on any atom is 0.118 e. The van der Waals surface area contributed by atoms with Crippen molar-refractivity contribution in [1.82, 2.24) is 0 Å². The summed E-state index contributed by atoms with van der Waals surface area (Å²) in [7, 11) is 2.35. The van der Waals surface area contributed by atoms with E-state index in [1.165, 1.54) is 0 Å². The minimum Gasteiger partial charge on any atom is -0.378 e. The van der Waals surface area contributed by atoms with E-state index in [9.17, 15) is 0 Å². The first-order valence-electron chi connectivity index (χ1n) is 4.39. The largest absolute Gasteiger partial charge is 0.378 e. The van der Waals surface area contributed by atoms with E-state index >= 15 is 0 Å². The van der Waals surface area contributed by atoms with Crippen LogP contribution in [-0.4, -0.2) is 31.5 Å². The number of rotatable bonds is 2. The molecule has 0 N–H and O–H groups in total. The molecule has 12 heavy (non-hydrogen) atoms. The van der Waals surface area contributed by atoms with Crippen LogP contribution < -0.4 is 0 Å². The zero-order valence-corrected chi connectivity index (χ0v) is 8.44. The molecule has 2 aliphatic heterocycles. The van der Waals surface area contributed by atoms with Gasteiger partial charge in [0.15, 0.2) is 0 Å². The van der Waals surface area contributed by atoms with E-state index < -0.39 is 0 Å². The Kier molecular flexibility index (Phi) is 2.39. The lowest BCUT2D eigenvalue weighted by atomic mass is 9.87. The predicted octanol–water partition coefficient (Wildman–Crippen LogP) is 0.987. The van der Waals surface area contributed by atoms with Crippen molar-refractivity contribution < 1.29 is 14.0 Å². The molecule has 4 heteroatoms. The fourth-order valence-corrected chi connectivity index (χ4v) is 2.63. The lowest BCUT2D eigenvalue weighted by Crippen LogP contribution is -2.49. The molecule has 0 spiro atoms. The SMILES string of the molecule is CCC12COCC(CO1)[C@H]2OP. The fraction of sp³-hybridized carbons (Fsp3) is 1.00. The van der Waals surface area contributed by atoms with E-state index in [-0.39, 0.29) is 11.7 Å². The van der Waals surface area contributed by atoms with Gasteiger partial charge in [-0.2, -0.15) is 0 Å². The van der Waals surface area contributed by atoms with Gasteiger partial charge in [-0.3, -0.25) is 0 Å². The van der Waals surface area contributed by atoms with E-state index in [0.29, 0.717) is 12.5 Å². The van der Waals surface area contributed by atoms with E-state index in [4.69, 9.17) is 14.0 Å². The van der Waals surface area contributed by atoms with Crippen molar-refractivity contribution in [3.63, 3.8) is 0 Å². The van der Waals surface area contributed by atoms with Crippen LogP contribution in [0.1, 0.15) is 13.3 Å². The number of ether oxygens (including phenoxy) is 2. The topological polar surface area (TPSA) is 27.7 Å². The third-order valence-electron chi connectivity index (χ3n) is 2.95. The van der Waals surface area contributed by atoms with Crippen molar-refractivity contribution in [3.05, 3.63) is 0 Å². The molecule has 3 nitrogen and oxygen atoms in total. The Hall–Kier alpha value is 0.310. The standard InChI is InChI=1S/C8H15O3P/c1-2-8-5-9-3-6(4-10-8)7(8)11-12/h6-7H,2-5,12H2,1H3/t6?,7-,8?/m1/s1. The molecular weight excluding hydrogens is 175 g/mol. The van der Waals surface area contributed by atoms with Gasteiger partial charge in [-0.25, -0.2) is 0 Å². The molecule has 0 saturated carbocycles. The van der Waals surface area contributed by atoms with Crippen LogP contribution in [0.3, 0.4) is 0 Å². The maximum absolute atomic E-state index is 5.75. The Labute approximate surface area is 75.0 Å². The average molecular weight is 190 g/mol. The Morgan fingerprint density at radius 2 is 2.42 bits per heavy atom. The Bertz CT molecular complexity index is 172. The molecule has 2 saturated heterocycles. The second-order valence-electron chi connectivity index (χ2n) is 3.56. The van der Waals surface area contributed by atoms with E-state index in [1.54, 1.807) is 0 Å². The average Bonchev–Trinajstić information content (AvgIpc) is 2.32. The van der Waals surface area contributed by atoms with Gasteiger partial charge in [0.1, 0.15) is 5.60 Å². The molecule has 0 amide bonds. The molecule has 2 aliphatic rings. The van der Waals surface area contributed by atoms with E-state index in [0.717, 1.165) is 19.6 Å². The van der Waals surface area contributed by atoms with E-state index in [1.807, 2.05) is 0 Å². The first kappa shape index (κ1) is 8.89. The smallest absolute Gasteiger partial charge is 0.118 e. The summed E-state index contributed by atoms with van der Waals surface area (Å²) in [6.07, 6.45) is 1.17. The van der Waals surface area contributed by atoms with Gasteiger partial charge < -0.3 is 14.0 Å². The summed E-state index contributed by atoms with van der Waals surface area (Å²) < 4.78 is 16.6. The predicted molar refractivity (Wildman–Crippen MR) is 47.9 cm³/mol. The van der Waals surface area contributed by atoms with Crippen LogP contribution in [0.5, 0.6) is 0 Å². The second-order valence-corrected chi connectivity index (χ2v) is 3.83. The van der Waals surface area contributed by atoms with E-state index in [2.05, 4.69) is 16.4 Å². The summed E-state index contributed by atoms with van der Waals surface area (Å²) in [5.74, 6) is 0.427. The molecule has 2 heterocycles. The monoisotopic (exact) mass is 190 g/mol. The second kappa shape index (κ2) is 3.22. The molecule has 0 radical (unpaired) electrons. The van der Waals surface area contributed by atoms with Gasteiger partial charge in [0, 0.05) is 15.4 Å². The van der Waals surface area contributed by atoms with Gasteiger partial charge in [-0.15, -0.1) is 0 Å². The maximum atomic E-state index is 5.75. The molecule has 2 rings (SSSR count). The van der Waals surface area contributed by atoms with Gasteiger partial charge in [-0.05, 0) is 6.42 Å². The van der Waals surface area contributed by atoms with Gasteiger partial charge in [0.25, 0.3) is 0 Å². The molecule has 2 bridgehead atoms. The minimum absolute atomic E-state index is 0.162. The highest BCUT2D eigenvalue weighted by Crippen LogP contribution is 2.40. The van der Waals surface area contributed by atoms with Crippen molar-refractivity contribution in [1.29, 1.82) is 0 Å². The fourth-order valence-electron chi connectivity index (χ4n) is 2.15. The molecule has 70 valence electrons. The molecule has 0 aliphatic carbocycles. The van der Waals surface area contributed by atoms with Gasteiger partial charge in [0.05, 0.1) is 25.9 Å². The third kappa shape index (κ3) is 1.12. The summed E-state index contributed by atoms with van der Waals surface area (Å²) in [4.78, 5) is 0. The summed E-state index contributed by atoms with van der Waals surface area (Å²) in [5, 5.41) is 0. The minimum atomic E-state index is -0.162. The molecule has 0 aromatic rings. The van der Waals surface area contributed by atoms with Gasteiger partial charge >= 0.3 is 0 Å².